The van der Waals surface area contributed by atoms with Gasteiger partial charge in [-0.3, -0.25) is 0 Å². The molecule has 0 saturated carbocycles. The van der Waals surface area contributed by atoms with Crippen molar-refractivity contribution < 1.29 is 4.74 Å². The average Bonchev–Trinajstić information content (AvgIpc) is 2.89. The Morgan fingerprint density at radius 2 is 2.22 bits per heavy atom. The van der Waals surface area contributed by atoms with Crippen molar-refractivity contribution in [2.24, 2.45) is 0 Å². The Kier molecular flexibility index (Phi) is 3.34. The van der Waals surface area contributed by atoms with Crippen molar-refractivity contribution in [1.29, 1.82) is 0 Å². The molecule has 0 radical (unpaired) electrons. The van der Waals surface area contributed by atoms with E-state index >= 15 is 0 Å². The third-order valence-corrected chi connectivity index (χ3v) is 3.05. The van der Waals surface area contributed by atoms with Crippen LogP contribution in [0.3, 0.4) is 0 Å². The van der Waals surface area contributed by atoms with Crippen LogP contribution < -0.4 is 5.32 Å². The minimum absolute atomic E-state index is 0.143. The summed E-state index contributed by atoms with van der Waals surface area (Å²) in [5.41, 5.74) is 1.22. The second kappa shape index (κ2) is 5.29. The maximum absolute atomic E-state index is 5.47. The number of ether oxygens (including phenoxy) is 1. The lowest BCUT2D eigenvalue weighted by Gasteiger charge is -2.23. The molecule has 94 valence electrons. The van der Waals surface area contributed by atoms with E-state index in [-0.39, 0.29) is 6.04 Å². The fourth-order valence-corrected chi connectivity index (χ4v) is 2.15. The zero-order valence-corrected chi connectivity index (χ0v) is 10.1. The standard InChI is InChI=1S/C13H16N4O/c1-2-4-11(5-3-1)8-17-13(15-10-16-17)12-9-18-7-6-14-12/h1-5,10,12,14H,6-9H2. The topological polar surface area (TPSA) is 52.0 Å². The van der Waals surface area contributed by atoms with Gasteiger partial charge >= 0.3 is 0 Å². The van der Waals surface area contributed by atoms with Crippen LogP contribution in [0.5, 0.6) is 0 Å². The second-order valence-corrected chi connectivity index (χ2v) is 4.34. The molecule has 0 amide bonds. The van der Waals surface area contributed by atoms with E-state index in [4.69, 9.17) is 4.74 Å². The minimum Gasteiger partial charge on any atom is -0.378 e. The van der Waals surface area contributed by atoms with Crippen LogP contribution in [-0.4, -0.2) is 34.5 Å². The fraction of sp³-hybridized carbons (Fsp3) is 0.385. The molecule has 2 heterocycles. The van der Waals surface area contributed by atoms with Gasteiger partial charge < -0.3 is 10.1 Å². The molecule has 18 heavy (non-hydrogen) atoms. The molecule has 1 N–H and O–H groups in total. The quantitative estimate of drug-likeness (QED) is 0.874. The molecule has 1 aromatic carbocycles. The number of rotatable bonds is 3. The molecule has 5 heteroatoms. The van der Waals surface area contributed by atoms with Gasteiger partial charge in [-0.05, 0) is 5.56 Å². The van der Waals surface area contributed by atoms with Crippen molar-refractivity contribution in [2.45, 2.75) is 12.6 Å². The zero-order valence-electron chi connectivity index (χ0n) is 10.1. The summed E-state index contributed by atoms with van der Waals surface area (Å²) in [6.07, 6.45) is 1.61. The van der Waals surface area contributed by atoms with E-state index in [0.717, 1.165) is 25.5 Å². The summed E-state index contributed by atoms with van der Waals surface area (Å²) in [4.78, 5) is 4.35. The van der Waals surface area contributed by atoms with Crippen molar-refractivity contribution in [3.8, 4) is 0 Å². The Morgan fingerprint density at radius 1 is 1.33 bits per heavy atom. The zero-order chi connectivity index (χ0) is 12.2. The first-order valence-electron chi connectivity index (χ1n) is 6.16. The number of nitrogens with zero attached hydrogens (tertiary/aromatic N) is 3. The van der Waals surface area contributed by atoms with Crippen LogP contribution in [0.2, 0.25) is 0 Å². The number of hydrogen-bond donors (Lipinski definition) is 1. The molecule has 3 rings (SSSR count). The molecule has 0 spiro atoms. The predicted molar refractivity (Wildman–Crippen MR) is 67.1 cm³/mol. The molecular weight excluding hydrogens is 228 g/mol. The summed E-state index contributed by atoms with van der Waals surface area (Å²) in [6, 6.07) is 10.4. The Bertz CT molecular complexity index is 491. The largest absolute Gasteiger partial charge is 0.378 e. The summed E-state index contributed by atoms with van der Waals surface area (Å²) in [7, 11) is 0. The number of benzene rings is 1. The van der Waals surface area contributed by atoms with Gasteiger partial charge in [0.05, 0.1) is 25.8 Å². The monoisotopic (exact) mass is 244 g/mol. The van der Waals surface area contributed by atoms with Crippen molar-refractivity contribution in [2.75, 3.05) is 19.8 Å². The first-order valence-corrected chi connectivity index (χ1v) is 6.16. The normalized spacial score (nSPS) is 19.9. The fourth-order valence-electron chi connectivity index (χ4n) is 2.15. The maximum Gasteiger partial charge on any atom is 0.146 e. The van der Waals surface area contributed by atoms with E-state index in [1.54, 1.807) is 6.33 Å². The van der Waals surface area contributed by atoms with Crippen LogP contribution in [0.15, 0.2) is 36.7 Å². The SMILES string of the molecule is c1ccc(Cn2ncnc2C2COCCN2)cc1. The Balaban J connectivity index is 1.78. The molecule has 1 saturated heterocycles. The number of nitrogens with one attached hydrogen (secondary N) is 1. The van der Waals surface area contributed by atoms with Crippen LogP contribution in [0.25, 0.3) is 0 Å². The van der Waals surface area contributed by atoms with Crippen LogP contribution >= 0.6 is 0 Å². The number of hydrogen-bond acceptors (Lipinski definition) is 4. The summed E-state index contributed by atoms with van der Waals surface area (Å²) in [5, 5.41) is 7.70. The Hall–Kier alpha value is -1.72. The van der Waals surface area contributed by atoms with E-state index < -0.39 is 0 Å². The molecule has 2 aromatic rings. The van der Waals surface area contributed by atoms with Gasteiger partial charge in [0.25, 0.3) is 0 Å². The Morgan fingerprint density at radius 3 is 3.00 bits per heavy atom. The van der Waals surface area contributed by atoms with Gasteiger partial charge in [0.1, 0.15) is 12.2 Å². The highest BCUT2D eigenvalue weighted by molar-refractivity contribution is 5.15. The van der Waals surface area contributed by atoms with Crippen molar-refractivity contribution >= 4 is 0 Å². The van der Waals surface area contributed by atoms with Crippen LogP contribution in [0.1, 0.15) is 17.4 Å². The third-order valence-electron chi connectivity index (χ3n) is 3.05. The van der Waals surface area contributed by atoms with Crippen molar-refractivity contribution in [3.05, 3.63) is 48.0 Å². The van der Waals surface area contributed by atoms with Crippen molar-refractivity contribution in [1.82, 2.24) is 20.1 Å². The lowest BCUT2D eigenvalue weighted by atomic mass is 10.2. The van der Waals surface area contributed by atoms with Gasteiger partial charge in [0.2, 0.25) is 0 Å². The molecule has 5 nitrogen and oxygen atoms in total. The maximum atomic E-state index is 5.47. The molecule has 1 atom stereocenters. The predicted octanol–water partition coefficient (Wildman–Crippen LogP) is 0.987. The van der Waals surface area contributed by atoms with E-state index in [1.165, 1.54) is 5.56 Å². The van der Waals surface area contributed by atoms with E-state index in [0.29, 0.717) is 6.61 Å². The first kappa shape index (κ1) is 11.4. The van der Waals surface area contributed by atoms with Gasteiger partial charge in [-0.25, -0.2) is 9.67 Å². The van der Waals surface area contributed by atoms with Gasteiger partial charge in [-0.2, -0.15) is 5.10 Å². The lowest BCUT2D eigenvalue weighted by Crippen LogP contribution is -2.36. The summed E-state index contributed by atoms with van der Waals surface area (Å²) >= 11 is 0. The molecule has 1 aromatic heterocycles. The molecule has 1 aliphatic heterocycles. The molecule has 0 bridgehead atoms. The smallest absolute Gasteiger partial charge is 0.146 e. The van der Waals surface area contributed by atoms with Gasteiger partial charge in [0.15, 0.2) is 0 Å². The summed E-state index contributed by atoms with van der Waals surface area (Å²) in [6.45, 7) is 3.04. The van der Waals surface area contributed by atoms with Crippen LogP contribution in [0, 0.1) is 0 Å². The number of morpholine rings is 1. The summed E-state index contributed by atoms with van der Waals surface area (Å²) in [5.74, 6) is 0.943. The molecule has 1 aliphatic rings. The van der Waals surface area contributed by atoms with Gasteiger partial charge in [-0.15, -0.1) is 0 Å². The van der Waals surface area contributed by atoms with E-state index in [2.05, 4.69) is 27.5 Å². The molecule has 0 aliphatic carbocycles. The third kappa shape index (κ3) is 2.42. The highest BCUT2D eigenvalue weighted by Crippen LogP contribution is 2.14. The Labute approximate surface area is 106 Å². The second-order valence-electron chi connectivity index (χ2n) is 4.34. The number of aromatic nitrogens is 3. The lowest BCUT2D eigenvalue weighted by molar-refractivity contribution is 0.0728. The highest BCUT2D eigenvalue weighted by Gasteiger charge is 2.20. The minimum atomic E-state index is 0.143. The molecule has 1 unspecified atom stereocenters. The first-order chi connectivity index (χ1) is 8.93. The van der Waals surface area contributed by atoms with Gasteiger partial charge in [-0.1, -0.05) is 30.3 Å². The van der Waals surface area contributed by atoms with E-state index in [1.807, 2.05) is 22.9 Å². The highest BCUT2D eigenvalue weighted by atomic mass is 16.5. The average molecular weight is 244 g/mol. The van der Waals surface area contributed by atoms with E-state index in [9.17, 15) is 0 Å². The summed E-state index contributed by atoms with van der Waals surface area (Å²) < 4.78 is 7.40. The van der Waals surface area contributed by atoms with Crippen LogP contribution in [0.4, 0.5) is 0 Å². The molecule has 1 fully saturated rings. The van der Waals surface area contributed by atoms with Crippen molar-refractivity contribution in [3.63, 3.8) is 0 Å². The molecular formula is C13H16N4O. The van der Waals surface area contributed by atoms with Crippen LogP contribution in [-0.2, 0) is 11.3 Å². The van der Waals surface area contributed by atoms with Gasteiger partial charge in [0, 0.05) is 6.54 Å².